The van der Waals surface area contributed by atoms with Crippen LogP contribution in [0.1, 0.15) is 25.7 Å². The van der Waals surface area contributed by atoms with Crippen LogP contribution in [0.2, 0.25) is 0 Å². The number of rotatable bonds is 1. The van der Waals surface area contributed by atoms with E-state index in [0.717, 1.165) is 12.2 Å². The van der Waals surface area contributed by atoms with E-state index in [1.807, 2.05) is 11.8 Å². The topological polar surface area (TPSA) is 64.9 Å². The smallest absolute Gasteiger partial charge is 0.312 e. The van der Waals surface area contributed by atoms with Gasteiger partial charge in [-0.2, -0.15) is 11.8 Å². The molecule has 0 radical (unpaired) electrons. The van der Waals surface area contributed by atoms with Gasteiger partial charge < -0.3 is 10.2 Å². The van der Waals surface area contributed by atoms with Crippen molar-refractivity contribution < 1.29 is 4.42 Å². The van der Waals surface area contributed by atoms with E-state index in [2.05, 4.69) is 17.1 Å². The molecule has 1 aromatic rings. The van der Waals surface area contributed by atoms with Crippen molar-refractivity contribution in [1.29, 1.82) is 0 Å². The molecule has 1 aliphatic heterocycles. The highest BCUT2D eigenvalue weighted by molar-refractivity contribution is 7.99. The molecule has 0 aliphatic carbocycles. The highest BCUT2D eigenvalue weighted by Crippen LogP contribution is 2.36. The maximum atomic E-state index is 5.40. The molecule has 0 amide bonds. The van der Waals surface area contributed by atoms with Gasteiger partial charge in [0.15, 0.2) is 0 Å². The van der Waals surface area contributed by atoms with Crippen molar-refractivity contribution in [3.05, 3.63) is 5.89 Å². The van der Waals surface area contributed by atoms with E-state index in [1.54, 1.807) is 0 Å². The van der Waals surface area contributed by atoms with Gasteiger partial charge in [0.05, 0.1) is 5.41 Å². The molecule has 13 heavy (non-hydrogen) atoms. The Morgan fingerprint density at radius 2 is 2.38 bits per heavy atom. The second-order valence-electron chi connectivity index (χ2n) is 3.66. The van der Waals surface area contributed by atoms with Gasteiger partial charge in [0.2, 0.25) is 5.89 Å². The van der Waals surface area contributed by atoms with E-state index in [9.17, 15) is 0 Å². The molecule has 1 aliphatic rings. The Bertz CT molecular complexity index is 293. The molecule has 1 saturated heterocycles. The third-order valence-corrected chi connectivity index (χ3v) is 3.81. The Kier molecular flexibility index (Phi) is 2.19. The first-order chi connectivity index (χ1) is 6.21. The lowest BCUT2D eigenvalue weighted by atomic mass is 9.87. The molecule has 1 aromatic heterocycles. The Hall–Kier alpha value is -0.710. The van der Waals surface area contributed by atoms with Crippen molar-refractivity contribution in [1.82, 2.24) is 10.2 Å². The van der Waals surface area contributed by atoms with Crippen LogP contribution in [0.5, 0.6) is 0 Å². The van der Waals surface area contributed by atoms with Crippen LogP contribution >= 0.6 is 11.8 Å². The van der Waals surface area contributed by atoms with Crippen molar-refractivity contribution in [2.24, 2.45) is 0 Å². The Balaban J connectivity index is 2.22. The minimum Gasteiger partial charge on any atom is -0.408 e. The summed E-state index contributed by atoms with van der Waals surface area (Å²) >= 11 is 1.94. The largest absolute Gasteiger partial charge is 0.408 e. The van der Waals surface area contributed by atoms with Crippen LogP contribution < -0.4 is 5.73 Å². The first kappa shape index (κ1) is 8.87. The van der Waals surface area contributed by atoms with Crippen LogP contribution in [0.4, 0.5) is 6.01 Å². The average Bonchev–Trinajstić information content (AvgIpc) is 2.54. The summed E-state index contributed by atoms with van der Waals surface area (Å²) in [7, 11) is 0. The second-order valence-corrected chi connectivity index (χ2v) is 4.77. The first-order valence-electron chi connectivity index (χ1n) is 4.38. The summed E-state index contributed by atoms with van der Waals surface area (Å²) < 4.78 is 5.27. The summed E-state index contributed by atoms with van der Waals surface area (Å²) in [5.41, 5.74) is 5.43. The van der Waals surface area contributed by atoms with E-state index < -0.39 is 0 Å². The molecule has 72 valence electrons. The molecule has 0 aromatic carbocycles. The summed E-state index contributed by atoms with van der Waals surface area (Å²) in [6.07, 6.45) is 2.32. The molecule has 0 bridgehead atoms. The molecular weight excluding hydrogens is 186 g/mol. The number of nitrogen functional groups attached to an aromatic ring is 1. The van der Waals surface area contributed by atoms with Gasteiger partial charge in [-0.3, -0.25) is 0 Å². The van der Waals surface area contributed by atoms with E-state index >= 15 is 0 Å². The van der Waals surface area contributed by atoms with Gasteiger partial charge in [0.25, 0.3) is 0 Å². The molecule has 2 rings (SSSR count). The fraction of sp³-hybridized carbons (Fsp3) is 0.750. The lowest BCUT2D eigenvalue weighted by Crippen LogP contribution is -2.29. The van der Waals surface area contributed by atoms with Gasteiger partial charge in [-0.05, 0) is 25.5 Å². The summed E-state index contributed by atoms with van der Waals surface area (Å²) in [5.74, 6) is 2.98. The molecule has 1 atom stereocenters. The zero-order chi connectivity index (χ0) is 9.31. The van der Waals surface area contributed by atoms with Crippen LogP contribution in [0, 0.1) is 0 Å². The molecule has 5 heteroatoms. The first-order valence-corrected chi connectivity index (χ1v) is 5.53. The summed E-state index contributed by atoms with van der Waals surface area (Å²) in [6, 6.07) is 0.173. The number of thioether (sulfide) groups is 1. The van der Waals surface area contributed by atoms with Gasteiger partial charge in [0, 0.05) is 5.75 Å². The highest BCUT2D eigenvalue weighted by atomic mass is 32.2. The van der Waals surface area contributed by atoms with Gasteiger partial charge in [-0.15, -0.1) is 5.10 Å². The number of hydrogen-bond acceptors (Lipinski definition) is 5. The fourth-order valence-electron chi connectivity index (χ4n) is 1.58. The van der Waals surface area contributed by atoms with Gasteiger partial charge in [-0.25, -0.2) is 0 Å². The van der Waals surface area contributed by atoms with Gasteiger partial charge >= 0.3 is 6.01 Å². The SMILES string of the molecule is CC1(c2nnc(N)o2)CCCSC1. The average molecular weight is 199 g/mol. The third-order valence-electron chi connectivity index (χ3n) is 2.39. The number of nitrogens with zero attached hydrogens (tertiary/aromatic N) is 2. The molecular formula is C8H13N3OS. The van der Waals surface area contributed by atoms with E-state index in [-0.39, 0.29) is 11.4 Å². The summed E-state index contributed by atoms with van der Waals surface area (Å²) in [6.45, 7) is 2.16. The molecule has 2 heterocycles. The predicted molar refractivity (Wildman–Crippen MR) is 52.6 cm³/mol. The van der Waals surface area contributed by atoms with Gasteiger partial charge in [-0.1, -0.05) is 5.10 Å². The quantitative estimate of drug-likeness (QED) is 0.741. The van der Waals surface area contributed by atoms with E-state index in [0.29, 0.717) is 5.89 Å². The molecule has 2 N–H and O–H groups in total. The third kappa shape index (κ3) is 1.65. The Morgan fingerprint density at radius 3 is 2.92 bits per heavy atom. The van der Waals surface area contributed by atoms with Crippen LogP contribution in [0.3, 0.4) is 0 Å². The van der Waals surface area contributed by atoms with E-state index in [4.69, 9.17) is 10.2 Å². The van der Waals surface area contributed by atoms with Crippen LogP contribution in [-0.2, 0) is 5.41 Å². The van der Waals surface area contributed by atoms with Gasteiger partial charge in [0.1, 0.15) is 0 Å². The minimum absolute atomic E-state index is 0.0353. The summed E-state index contributed by atoms with van der Waals surface area (Å²) in [5, 5.41) is 7.65. The lowest BCUT2D eigenvalue weighted by molar-refractivity contribution is 0.354. The Labute approximate surface area is 81.3 Å². The normalized spacial score (nSPS) is 29.0. The standard InChI is InChI=1S/C8H13N3OS/c1-8(3-2-4-13-5-8)6-10-11-7(9)12-6/h2-5H2,1H3,(H2,9,11). The van der Waals surface area contributed by atoms with Crippen molar-refractivity contribution >= 4 is 17.8 Å². The number of nitrogens with two attached hydrogens (primary N) is 1. The van der Waals surface area contributed by atoms with Crippen molar-refractivity contribution in [2.45, 2.75) is 25.2 Å². The second kappa shape index (κ2) is 3.21. The highest BCUT2D eigenvalue weighted by Gasteiger charge is 2.34. The number of anilines is 1. The number of hydrogen-bond donors (Lipinski definition) is 1. The zero-order valence-electron chi connectivity index (χ0n) is 7.62. The fourth-order valence-corrected chi connectivity index (χ4v) is 2.79. The lowest BCUT2D eigenvalue weighted by Gasteiger charge is -2.29. The van der Waals surface area contributed by atoms with Crippen LogP contribution in [0.15, 0.2) is 4.42 Å². The van der Waals surface area contributed by atoms with Crippen molar-refractivity contribution in [3.63, 3.8) is 0 Å². The summed E-state index contributed by atoms with van der Waals surface area (Å²) in [4.78, 5) is 0. The minimum atomic E-state index is 0.0353. The van der Waals surface area contributed by atoms with Crippen molar-refractivity contribution in [3.8, 4) is 0 Å². The van der Waals surface area contributed by atoms with Crippen LogP contribution in [-0.4, -0.2) is 21.7 Å². The Morgan fingerprint density at radius 1 is 1.54 bits per heavy atom. The maximum absolute atomic E-state index is 5.40. The zero-order valence-corrected chi connectivity index (χ0v) is 8.43. The molecule has 0 saturated carbocycles. The van der Waals surface area contributed by atoms with Crippen LogP contribution in [0.25, 0.3) is 0 Å². The predicted octanol–water partition coefficient (Wildman–Crippen LogP) is 1.44. The van der Waals surface area contributed by atoms with Crippen molar-refractivity contribution in [2.75, 3.05) is 17.2 Å². The molecule has 1 fully saturated rings. The number of aromatic nitrogens is 2. The maximum Gasteiger partial charge on any atom is 0.312 e. The monoisotopic (exact) mass is 199 g/mol. The molecule has 1 unspecified atom stereocenters. The molecule has 0 spiro atoms. The molecule has 4 nitrogen and oxygen atoms in total. The van der Waals surface area contributed by atoms with E-state index in [1.165, 1.54) is 12.2 Å².